The maximum Gasteiger partial charge on any atom is 0.303 e. The molecule has 0 atom stereocenters. The van der Waals surface area contributed by atoms with Gasteiger partial charge in [-0.05, 0) is 24.7 Å². The smallest absolute Gasteiger partial charge is 0.303 e. The van der Waals surface area contributed by atoms with E-state index in [-0.39, 0.29) is 24.5 Å². The van der Waals surface area contributed by atoms with E-state index in [4.69, 9.17) is 14.6 Å². The van der Waals surface area contributed by atoms with Crippen molar-refractivity contribution in [2.75, 3.05) is 38.4 Å². The number of hydrogen-bond donors (Lipinski definition) is 1. The van der Waals surface area contributed by atoms with Crippen LogP contribution >= 0.6 is 0 Å². The Balaban J connectivity index is 2.23. The third-order valence-electron chi connectivity index (χ3n) is 3.19. The standard InChI is InChI=1S/C12H22O6S/c1-17-5-2-6-18-7-8-19(15,16)10-12(3-4-12)9-11(13)14/h2-10H2,1H3,(H,13,14). The fraction of sp³-hybridized carbons (Fsp3) is 0.917. The van der Waals surface area contributed by atoms with Crippen LogP contribution in [0.4, 0.5) is 0 Å². The minimum absolute atomic E-state index is 0.0340. The minimum Gasteiger partial charge on any atom is -0.481 e. The number of rotatable bonds is 11. The summed E-state index contributed by atoms with van der Waals surface area (Å²) < 4.78 is 33.8. The molecule has 1 rings (SSSR count). The number of ether oxygens (including phenoxy) is 2. The van der Waals surface area contributed by atoms with Crippen molar-refractivity contribution < 1.29 is 27.8 Å². The first-order chi connectivity index (χ1) is 8.89. The van der Waals surface area contributed by atoms with Crippen molar-refractivity contribution in [3.8, 4) is 0 Å². The molecule has 6 nitrogen and oxygen atoms in total. The number of carboxylic acid groups (broad SMARTS) is 1. The number of aliphatic carboxylic acids is 1. The molecule has 19 heavy (non-hydrogen) atoms. The number of sulfone groups is 1. The summed E-state index contributed by atoms with van der Waals surface area (Å²) in [6, 6.07) is 0. The Kier molecular flexibility index (Phi) is 6.22. The zero-order valence-corrected chi connectivity index (χ0v) is 12.1. The molecule has 0 saturated heterocycles. The van der Waals surface area contributed by atoms with Crippen LogP contribution in [0.1, 0.15) is 25.7 Å². The molecule has 0 amide bonds. The van der Waals surface area contributed by atoms with Gasteiger partial charge in [0.15, 0.2) is 9.84 Å². The Bertz CT molecular complexity index is 385. The Morgan fingerprint density at radius 1 is 1.26 bits per heavy atom. The van der Waals surface area contributed by atoms with E-state index in [1.54, 1.807) is 7.11 Å². The largest absolute Gasteiger partial charge is 0.481 e. The highest BCUT2D eigenvalue weighted by atomic mass is 32.2. The van der Waals surface area contributed by atoms with Crippen molar-refractivity contribution >= 4 is 15.8 Å². The number of hydrogen-bond acceptors (Lipinski definition) is 5. The lowest BCUT2D eigenvalue weighted by Gasteiger charge is -2.12. The van der Waals surface area contributed by atoms with Gasteiger partial charge in [0.05, 0.1) is 24.5 Å². The van der Waals surface area contributed by atoms with Crippen molar-refractivity contribution in [3.63, 3.8) is 0 Å². The van der Waals surface area contributed by atoms with Crippen molar-refractivity contribution in [2.24, 2.45) is 5.41 Å². The lowest BCUT2D eigenvalue weighted by Crippen LogP contribution is -2.24. The number of methoxy groups -OCH3 is 1. The monoisotopic (exact) mass is 294 g/mol. The Labute approximate surface area is 114 Å². The highest BCUT2D eigenvalue weighted by Gasteiger charge is 2.47. The van der Waals surface area contributed by atoms with E-state index in [9.17, 15) is 13.2 Å². The molecule has 0 bridgehead atoms. The molecule has 7 heteroatoms. The van der Waals surface area contributed by atoms with Crippen LogP contribution in [0.3, 0.4) is 0 Å². The van der Waals surface area contributed by atoms with Gasteiger partial charge >= 0.3 is 5.97 Å². The second-order valence-corrected chi connectivity index (χ2v) is 7.31. The van der Waals surface area contributed by atoms with Crippen LogP contribution in [0.15, 0.2) is 0 Å². The van der Waals surface area contributed by atoms with Crippen LogP contribution < -0.4 is 0 Å². The topological polar surface area (TPSA) is 89.9 Å². The summed E-state index contributed by atoms with van der Waals surface area (Å²) in [6.07, 6.45) is 2.06. The molecule has 0 aromatic heterocycles. The van der Waals surface area contributed by atoms with Crippen LogP contribution in [0.25, 0.3) is 0 Å². The van der Waals surface area contributed by atoms with Crippen LogP contribution in [0.2, 0.25) is 0 Å². The molecule has 112 valence electrons. The molecular weight excluding hydrogens is 272 g/mol. The van der Waals surface area contributed by atoms with Gasteiger partial charge in [0.25, 0.3) is 0 Å². The minimum atomic E-state index is -3.23. The van der Waals surface area contributed by atoms with Crippen LogP contribution in [-0.4, -0.2) is 57.9 Å². The van der Waals surface area contributed by atoms with Gasteiger partial charge in [-0.3, -0.25) is 4.79 Å². The summed E-state index contributed by atoms with van der Waals surface area (Å²) >= 11 is 0. The average molecular weight is 294 g/mol. The van der Waals surface area contributed by atoms with E-state index in [1.807, 2.05) is 0 Å². The van der Waals surface area contributed by atoms with Gasteiger partial charge < -0.3 is 14.6 Å². The van der Waals surface area contributed by atoms with Gasteiger partial charge in [-0.15, -0.1) is 0 Å². The molecule has 0 aromatic carbocycles. The molecule has 1 N–H and O–H groups in total. The SMILES string of the molecule is COCCCOCCS(=O)(=O)CC1(CC(=O)O)CC1. The summed E-state index contributed by atoms with van der Waals surface area (Å²) in [5.41, 5.74) is -0.513. The van der Waals surface area contributed by atoms with Crippen molar-refractivity contribution in [1.29, 1.82) is 0 Å². The summed E-state index contributed by atoms with van der Waals surface area (Å²) in [6.45, 7) is 1.23. The third-order valence-corrected chi connectivity index (χ3v) is 5.03. The fourth-order valence-corrected chi connectivity index (χ4v) is 3.84. The number of carbonyl (C=O) groups is 1. The van der Waals surface area contributed by atoms with E-state index >= 15 is 0 Å². The summed E-state index contributed by atoms with van der Waals surface area (Å²) in [7, 11) is -1.64. The van der Waals surface area contributed by atoms with Crippen molar-refractivity contribution in [1.82, 2.24) is 0 Å². The van der Waals surface area contributed by atoms with Crippen molar-refractivity contribution in [2.45, 2.75) is 25.7 Å². The molecular formula is C12H22O6S. The molecule has 1 aliphatic carbocycles. The second-order valence-electron chi connectivity index (χ2n) is 5.12. The van der Waals surface area contributed by atoms with Gasteiger partial charge in [-0.1, -0.05) is 0 Å². The van der Waals surface area contributed by atoms with E-state index in [0.717, 1.165) is 6.42 Å². The maximum atomic E-state index is 11.9. The second kappa shape index (κ2) is 7.21. The lowest BCUT2D eigenvalue weighted by molar-refractivity contribution is -0.138. The molecule has 0 unspecified atom stereocenters. The average Bonchev–Trinajstić information content (AvgIpc) is 3.00. The molecule has 0 spiro atoms. The first-order valence-corrected chi connectivity index (χ1v) is 8.20. The van der Waals surface area contributed by atoms with Crippen LogP contribution in [-0.2, 0) is 24.1 Å². The summed E-state index contributed by atoms with van der Waals surface area (Å²) in [5.74, 6) is -1.00. The summed E-state index contributed by atoms with van der Waals surface area (Å²) in [5, 5.41) is 8.75. The van der Waals surface area contributed by atoms with Crippen molar-refractivity contribution in [3.05, 3.63) is 0 Å². The highest BCUT2D eigenvalue weighted by Crippen LogP contribution is 2.49. The molecule has 0 radical (unpaired) electrons. The highest BCUT2D eigenvalue weighted by molar-refractivity contribution is 7.91. The van der Waals surface area contributed by atoms with E-state index in [2.05, 4.69) is 0 Å². The zero-order valence-electron chi connectivity index (χ0n) is 11.3. The summed E-state index contributed by atoms with van der Waals surface area (Å²) in [4.78, 5) is 10.7. The van der Waals surface area contributed by atoms with Gasteiger partial charge in [0.1, 0.15) is 0 Å². The first-order valence-electron chi connectivity index (χ1n) is 6.38. The Morgan fingerprint density at radius 2 is 1.95 bits per heavy atom. The van der Waals surface area contributed by atoms with E-state index < -0.39 is 21.2 Å². The van der Waals surface area contributed by atoms with Gasteiger partial charge in [0.2, 0.25) is 0 Å². The molecule has 1 aliphatic rings. The Hall–Kier alpha value is -0.660. The molecule has 0 aromatic rings. The van der Waals surface area contributed by atoms with Gasteiger partial charge in [0, 0.05) is 20.3 Å². The van der Waals surface area contributed by atoms with E-state index in [0.29, 0.717) is 26.1 Å². The Morgan fingerprint density at radius 3 is 2.47 bits per heavy atom. The zero-order chi connectivity index (χ0) is 14.4. The van der Waals surface area contributed by atoms with E-state index in [1.165, 1.54) is 0 Å². The first kappa shape index (κ1) is 16.4. The van der Waals surface area contributed by atoms with Gasteiger partial charge in [-0.25, -0.2) is 8.42 Å². The third kappa shape index (κ3) is 6.89. The molecule has 1 fully saturated rings. The normalized spacial score (nSPS) is 17.3. The van der Waals surface area contributed by atoms with Crippen LogP contribution in [0.5, 0.6) is 0 Å². The fourth-order valence-electron chi connectivity index (χ4n) is 2.00. The lowest BCUT2D eigenvalue weighted by atomic mass is 10.1. The predicted octanol–water partition coefficient (Wildman–Crippen LogP) is 0.709. The van der Waals surface area contributed by atoms with Crippen LogP contribution in [0, 0.1) is 5.41 Å². The molecule has 0 aliphatic heterocycles. The van der Waals surface area contributed by atoms with Gasteiger partial charge in [-0.2, -0.15) is 0 Å². The predicted molar refractivity (Wildman–Crippen MR) is 69.9 cm³/mol. The number of carboxylic acids is 1. The molecule has 0 heterocycles. The maximum absolute atomic E-state index is 11.9. The molecule has 1 saturated carbocycles. The quantitative estimate of drug-likeness (QED) is 0.564.